The topological polar surface area (TPSA) is 158 Å². The van der Waals surface area contributed by atoms with Gasteiger partial charge in [0.1, 0.15) is 26.8 Å². The first-order valence-electron chi connectivity index (χ1n) is 13.8. The number of carboxylic acids is 1. The predicted molar refractivity (Wildman–Crippen MR) is 157 cm³/mol. The molecule has 2 unspecified atom stereocenters. The molecule has 13 heteroatoms. The van der Waals surface area contributed by atoms with Crippen molar-refractivity contribution in [2.45, 2.75) is 69.7 Å². The molecule has 2 heterocycles. The molecule has 0 saturated heterocycles. The first kappa shape index (κ1) is 35.4. The fourth-order valence-electron chi connectivity index (χ4n) is 6.46. The number of carboxylic acid groups (broad SMARTS) is 1. The number of nitrogens with zero attached hydrogens (tertiary/aromatic N) is 2. The third-order valence-electron chi connectivity index (χ3n) is 8.71. The quantitative estimate of drug-likeness (QED) is 0.170. The zero-order chi connectivity index (χ0) is 31.3. The van der Waals surface area contributed by atoms with Gasteiger partial charge in [-0.1, -0.05) is 26.0 Å². The molecule has 1 aromatic carbocycles. The van der Waals surface area contributed by atoms with E-state index >= 15 is 0 Å². The Hall–Kier alpha value is -2.06. The number of hydrogen-bond acceptors (Lipinski definition) is 8. The van der Waals surface area contributed by atoms with Gasteiger partial charge < -0.3 is 19.1 Å². The van der Waals surface area contributed by atoms with E-state index in [9.17, 15) is 30.7 Å². The summed E-state index contributed by atoms with van der Waals surface area (Å²) in [7, 11) is -7.34. The average Bonchev–Trinajstić information content (AvgIpc) is 3.21. The van der Waals surface area contributed by atoms with Crippen LogP contribution in [0, 0.1) is 11.3 Å². The van der Waals surface area contributed by atoms with E-state index < -0.39 is 37.0 Å². The Balaban J connectivity index is 0.00000506. The summed E-state index contributed by atoms with van der Waals surface area (Å²) in [5.74, 6) is -1.10. The Morgan fingerprint density at radius 1 is 1.07 bits per heavy atom. The van der Waals surface area contributed by atoms with Crippen molar-refractivity contribution in [1.29, 1.82) is 0 Å². The normalized spacial score (nSPS) is 23.4. The number of anilines is 1. The van der Waals surface area contributed by atoms with Crippen molar-refractivity contribution in [3.63, 3.8) is 0 Å². The second-order valence-electron chi connectivity index (χ2n) is 12.1. The van der Waals surface area contributed by atoms with Crippen LogP contribution in [0.5, 0.6) is 0 Å². The minimum absolute atomic E-state index is 0. The van der Waals surface area contributed by atoms with Gasteiger partial charge in [-0.05, 0) is 68.7 Å². The number of benzene rings is 1. The molecule has 2 aliphatic heterocycles. The average molecular weight is 641 g/mol. The molecule has 0 bridgehead atoms. The molecule has 10 nitrogen and oxygen atoms in total. The van der Waals surface area contributed by atoms with Gasteiger partial charge in [0.25, 0.3) is 0 Å². The molecule has 228 valence electrons. The van der Waals surface area contributed by atoms with Gasteiger partial charge in [-0.25, -0.2) is 21.4 Å². The minimum Gasteiger partial charge on any atom is -0.744 e. The number of aliphatic carboxylic acids is 1. The van der Waals surface area contributed by atoms with Crippen molar-refractivity contribution in [3.05, 3.63) is 70.8 Å². The Morgan fingerprint density at radius 3 is 2.35 bits per heavy atom. The molecule has 0 saturated carbocycles. The number of carbonyl (C=O) groups is 1. The summed E-state index contributed by atoms with van der Waals surface area (Å²) in [6.07, 6.45) is 12.6. The van der Waals surface area contributed by atoms with E-state index in [1.54, 1.807) is 18.2 Å². The van der Waals surface area contributed by atoms with Gasteiger partial charge in [0, 0.05) is 42.8 Å². The van der Waals surface area contributed by atoms with E-state index in [2.05, 4.69) is 4.58 Å². The maximum Gasteiger partial charge on any atom is 1.00 e. The predicted octanol–water partition coefficient (Wildman–Crippen LogP) is 0.884. The fraction of sp³-hybridized carbons (Fsp3) is 0.467. The van der Waals surface area contributed by atoms with Gasteiger partial charge in [0.05, 0.1) is 21.1 Å². The van der Waals surface area contributed by atoms with Gasteiger partial charge in [-0.15, -0.1) is 0 Å². The first-order valence-corrected chi connectivity index (χ1v) is 16.6. The Labute approximate surface area is 276 Å². The molecule has 43 heavy (non-hydrogen) atoms. The van der Waals surface area contributed by atoms with Crippen LogP contribution in [0.1, 0.15) is 58.9 Å². The van der Waals surface area contributed by atoms with Crippen molar-refractivity contribution in [3.8, 4) is 0 Å². The smallest absolute Gasteiger partial charge is 0.744 e. The molecule has 1 N–H and O–H groups in total. The van der Waals surface area contributed by atoms with Crippen LogP contribution in [0.25, 0.3) is 0 Å². The first-order chi connectivity index (χ1) is 19.4. The number of allylic oxidation sites excluding steroid dienone is 5. The Morgan fingerprint density at radius 2 is 1.74 bits per heavy atom. The van der Waals surface area contributed by atoms with E-state index in [1.165, 1.54) is 18.2 Å². The summed E-state index contributed by atoms with van der Waals surface area (Å²) in [6.45, 7) is 8.57. The van der Waals surface area contributed by atoms with Crippen LogP contribution in [0.4, 0.5) is 5.69 Å². The molecule has 4 rings (SSSR count). The SMILES string of the molecule is CN1C(=CC=CC2=[N+](CCCCCC(=O)O)C3C=CC(S(=O)(=O)[O-])=CC3C2(C)C)C(C)(C)c2cc(S(=O)(=O)[O-])ccc21.[Na+]. The van der Waals surface area contributed by atoms with Gasteiger partial charge in [-0.2, -0.15) is 0 Å². The van der Waals surface area contributed by atoms with E-state index in [1.807, 2.05) is 57.9 Å². The molecule has 0 radical (unpaired) electrons. The van der Waals surface area contributed by atoms with Crippen molar-refractivity contribution in [1.82, 2.24) is 0 Å². The molecular weight excluding hydrogens is 603 g/mol. The molecule has 1 aliphatic carbocycles. The molecule has 0 fully saturated rings. The zero-order valence-corrected chi connectivity index (χ0v) is 29.0. The molecule has 0 spiro atoms. The third-order valence-corrected chi connectivity index (χ3v) is 10.4. The Kier molecular flexibility index (Phi) is 10.5. The summed E-state index contributed by atoms with van der Waals surface area (Å²) >= 11 is 0. The van der Waals surface area contributed by atoms with Crippen molar-refractivity contribution >= 4 is 37.6 Å². The Bertz CT molecular complexity index is 1670. The second kappa shape index (κ2) is 12.7. The van der Waals surface area contributed by atoms with Crippen LogP contribution < -0.4 is 34.5 Å². The second-order valence-corrected chi connectivity index (χ2v) is 14.9. The zero-order valence-electron chi connectivity index (χ0n) is 25.4. The van der Waals surface area contributed by atoms with E-state index in [0.29, 0.717) is 13.0 Å². The van der Waals surface area contributed by atoms with Crippen molar-refractivity contribution < 1.29 is 70.0 Å². The number of rotatable bonds is 10. The van der Waals surface area contributed by atoms with Crippen LogP contribution in [0.15, 0.2) is 70.2 Å². The number of fused-ring (bicyclic) bond motifs is 2. The molecule has 1 aromatic rings. The van der Waals surface area contributed by atoms with Crippen LogP contribution >= 0.6 is 0 Å². The summed E-state index contributed by atoms with van der Waals surface area (Å²) in [5, 5.41) is 8.97. The third kappa shape index (κ3) is 7.11. The molecule has 3 aliphatic rings. The summed E-state index contributed by atoms with van der Waals surface area (Å²) in [5.41, 5.74) is 2.25. The van der Waals surface area contributed by atoms with Gasteiger partial charge in [0.2, 0.25) is 0 Å². The molecule has 0 aromatic heterocycles. The van der Waals surface area contributed by atoms with Crippen LogP contribution in [0.3, 0.4) is 0 Å². The fourth-order valence-corrected chi connectivity index (χ4v) is 7.52. The maximum absolute atomic E-state index is 11.8. The number of hydrogen-bond donors (Lipinski definition) is 1. The standard InChI is InChI=1S/C30H38N2O8S2.Na/c1-29(2)22-18-20(41(35,36)37)13-15-24(22)31(5)26(29)10-9-11-27-30(3,4)23-19-21(42(38,39)40)14-16-25(23)32(27)17-8-6-7-12-28(33)34;/h9-11,13-16,18-19,23,25H,6-8,12,17H2,1-5H3,(H2-,33,34,35,36,37,38,39,40);/q;+1/p-1. The maximum atomic E-state index is 11.8. The van der Waals surface area contributed by atoms with Crippen LogP contribution in [-0.4, -0.2) is 66.9 Å². The van der Waals surface area contributed by atoms with E-state index in [0.717, 1.165) is 35.5 Å². The summed E-state index contributed by atoms with van der Waals surface area (Å²) in [6, 6.07) is 4.22. The van der Waals surface area contributed by atoms with Crippen LogP contribution in [0.2, 0.25) is 0 Å². The minimum atomic E-state index is -4.62. The molecule has 2 atom stereocenters. The number of likely N-dealkylation sites (N-methyl/N-ethyl adjacent to an activating group) is 1. The molecule has 0 amide bonds. The van der Waals surface area contributed by atoms with E-state index in [4.69, 9.17) is 5.11 Å². The van der Waals surface area contributed by atoms with Gasteiger partial charge in [0.15, 0.2) is 11.8 Å². The number of unbranched alkanes of at least 4 members (excludes halogenated alkanes) is 2. The molecular formula is C30H37N2NaO8S2. The monoisotopic (exact) mass is 640 g/mol. The van der Waals surface area contributed by atoms with Gasteiger partial charge in [-0.3, -0.25) is 4.79 Å². The summed E-state index contributed by atoms with van der Waals surface area (Å²) < 4.78 is 72.6. The van der Waals surface area contributed by atoms with E-state index in [-0.39, 0.29) is 57.7 Å². The van der Waals surface area contributed by atoms with Gasteiger partial charge >= 0.3 is 35.5 Å². The van der Waals surface area contributed by atoms with Crippen molar-refractivity contribution in [2.75, 3.05) is 18.5 Å². The van der Waals surface area contributed by atoms with Crippen molar-refractivity contribution in [2.24, 2.45) is 11.3 Å². The van der Waals surface area contributed by atoms with Crippen LogP contribution in [-0.2, 0) is 30.4 Å². The summed E-state index contributed by atoms with van der Waals surface area (Å²) in [4.78, 5) is 12.4. The largest absolute Gasteiger partial charge is 1.00 e.